The first-order valence-electron chi connectivity index (χ1n) is 11.1. The van der Waals surface area contributed by atoms with Crippen molar-refractivity contribution in [3.63, 3.8) is 0 Å². The number of hydrogen-bond donors (Lipinski definition) is 1. The third kappa shape index (κ3) is 2.91. The number of aromatic nitrogens is 3. The first-order valence-corrected chi connectivity index (χ1v) is 11.9. The maximum atomic E-state index is 9.80. The zero-order chi connectivity index (χ0) is 18.9. The summed E-state index contributed by atoms with van der Waals surface area (Å²) in [6.07, 6.45) is 10.1. The van der Waals surface area contributed by atoms with E-state index >= 15 is 0 Å². The highest BCUT2D eigenvalue weighted by Crippen LogP contribution is 2.61. The van der Waals surface area contributed by atoms with Crippen LogP contribution in [0.25, 0.3) is 10.3 Å². The van der Waals surface area contributed by atoms with Gasteiger partial charge in [-0.1, -0.05) is 11.3 Å². The minimum absolute atomic E-state index is 0.134. The Morgan fingerprint density at radius 2 is 1.64 bits per heavy atom. The lowest BCUT2D eigenvalue weighted by Gasteiger charge is -2.56. The van der Waals surface area contributed by atoms with Crippen molar-refractivity contribution in [3.8, 4) is 0 Å². The van der Waals surface area contributed by atoms with E-state index in [1.807, 2.05) is 18.3 Å². The zero-order valence-electron chi connectivity index (χ0n) is 16.7. The molecular weight excluding hydrogens is 368 g/mol. The predicted molar refractivity (Wildman–Crippen MR) is 110 cm³/mol. The Hall–Kier alpha value is -1.11. The van der Waals surface area contributed by atoms with E-state index in [0.29, 0.717) is 5.41 Å². The SMILES string of the molecule is Cc1nc(CN2CCC(O)CC2)c2nc(C34CC5CC(CC(C5)C3)C4)sc2n1. The Morgan fingerprint density at radius 3 is 2.29 bits per heavy atom. The number of aliphatic hydroxyl groups is 1. The van der Waals surface area contributed by atoms with Crippen molar-refractivity contribution < 1.29 is 5.11 Å². The third-order valence-electron chi connectivity index (χ3n) is 7.87. The Bertz CT molecular complexity index is 866. The van der Waals surface area contributed by atoms with Crippen molar-refractivity contribution in [2.75, 3.05) is 13.1 Å². The molecule has 2 aromatic heterocycles. The summed E-state index contributed by atoms with van der Waals surface area (Å²) < 4.78 is 0. The van der Waals surface area contributed by atoms with Gasteiger partial charge in [-0.05, 0) is 76.0 Å². The molecule has 0 radical (unpaired) electrons. The van der Waals surface area contributed by atoms with Crippen LogP contribution in [0.1, 0.15) is 67.9 Å². The molecule has 0 atom stereocenters. The second-order valence-corrected chi connectivity index (χ2v) is 11.1. The van der Waals surface area contributed by atoms with Crippen LogP contribution in [0.3, 0.4) is 0 Å². The van der Waals surface area contributed by atoms with Gasteiger partial charge in [0.1, 0.15) is 21.2 Å². The highest BCUT2D eigenvalue weighted by atomic mass is 32.1. The molecule has 28 heavy (non-hydrogen) atoms. The number of rotatable bonds is 3. The molecule has 0 unspecified atom stereocenters. The van der Waals surface area contributed by atoms with Gasteiger partial charge in [0.25, 0.3) is 0 Å². The Labute approximate surface area is 170 Å². The fourth-order valence-electron chi connectivity index (χ4n) is 6.99. The van der Waals surface area contributed by atoms with Gasteiger partial charge in [0.2, 0.25) is 0 Å². The van der Waals surface area contributed by atoms with Crippen molar-refractivity contribution >= 4 is 21.7 Å². The largest absolute Gasteiger partial charge is 0.393 e. The van der Waals surface area contributed by atoms with E-state index < -0.39 is 0 Å². The van der Waals surface area contributed by atoms with Gasteiger partial charge in [-0.2, -0.15) is 0 Å². The van der Waals surface area contributed by atoms with E-state index in [1.54, 1.807) is 0 Å². The van der Waals surface area contributed by atoms with E-state index in [4.69, 9.17) is 15.0 Å². The number of hydrogen-bond acceptors (Lipinski definition) is 6. The molecule has 7 rings (SSSR count). The van der Waals surface area contributed by atoms with Gasteiger partial charge in [-0.15, -0.1) is 0 Å². The topological polar surface area (TPSA) is 62.1 Å². The molecule has 3 heterocycles. The van der Waals surface area contributed by atoms with E-state index in [0.717, 1.165) is 72.1 Å². The molecular formula is C22H30N4OS. The summed E-state index contributed by atoms with van der Waals surface area (Å²) in [7, 11) is 0. The average molecular weight is 399 g/mol. The summed E-state index contributed by atoms with van der Waals surface area (Å²) in [6, 6.07) is 0. The zero-order valence-corrected chi connectivity index (χ0v) is 17.5. The lowest BCUT2D eigenvalue weighted by atomic mass is 9.50. The fourth-order valence-corrected chi connectivity index (χ4v) is 8.22. The molecule has 150 valence electrons. The van der Waals surface area contributed by atoms with Crippen LogP contribution in [0.5, 0.6) is 0 Å². The molecule has 0 spiro atoms. The minimum atomic E-state index is -0.134. The van der Waals surface area contributed by atoms with E-state index in [9.17, 15) is 5.11 Å². The van der Waals surface area contributed by atoms with Gasteiger partial charge >= 0.3 is 0 Å². The number of aryl methyl sites for hydroxylation is 1. The molecule has 4 aliphatic carbocycles. The molecule has 6 heteroatoms. The first-order chi connectivity index (χ1) is 13.6. The molecule has 0 aromatic carbocycles. The van der Waals surface area contributed by atoms with E-state index in [2.05, 4.69) is 4.90 Å². The van der Waals surface area contributed by atoms with E-state index in [1.165, 1.54) is 43.5 Å². The second-order valence-electron chi connectivity index (χ2n) is 10.1. The molecule has 1 saturated heterocycles. The lowest BCUT2D eigenvalue weighted by Crippen LogP contribution is -2.48. The Kier molecular flexibility index (Phi) is 4.08. The van der Waals surface area contributed by atoms with Crippen molar-refractivity contribution in [2.24, 2.45) is 17.8 Å². The quantitative estimate of drug-likeness (QED) is 0.852. The van der Waals surface area contributed by atoms with Gasteiger partial charge < -0.3 is 5.11 Å². The summed E-state index contributed by atoms with van der Waals surface area (Å²) >= 11 is 1.86. The van der Waals surface area contributed by atoms with Crippen molar-refractivity contribution in [1.29, 1.82) is 0 Å². The summed E-state index contributed by atoms with van der Waals surface area (Å²) in [5.74, 6) is 3.67. The van der Waals surface area contributed by atoms with Crippen LogP contribution < -0.4 is 0 Å². The molecule has 4 bridgehead atoms. The van der Waals surface area contributed by atoms with Crippen molar-refractivity contribution in [3.05, 3.63) is 16.5 Å². The molecule has 5 fully saturated rings. The van der Waals surface area contributed by atoms with Crippen LogP contribution in [-0.4, -0.2) is 44.2 Å². The van der Waals surface area contributed by atoms with Crippen LogP contribution in [-0.2, 0) is 12.0 Å². The highest BCUT2D eigenvalue weighted by molar-refractivity contribution is 7.18. The van der Waals surface area contributed by atoms with Crippen LogP contribution in [0.4, 0.5) is 0 Å². The second kappa shape index (κ2) is 6.44. The number of aliphatic hydroxyl groups excluding tert-OH is 1. The van der Waals surface area contributed by atoms with Crippen LogP contribution >= 0.6 is 11.3 Å². The fraction of sp³-hybridized carbons (Fsp3) is 0.773. The molecule has 5 aliphatic rings. The molecule has 1 N–H and O–H groups in total. The van der Waals surface area contributed by atoms with Crippen LogP contribution in [0.2, 0.25) is 0 Å². The molecule has 5 nitrogen and oxygen atoms in total. The Balaban J connectivity index is 1.35. The minimum Gasteiger partial charge on any atom is -0.393 e. The predicted octanol–water partition coefficient (Wildman–Crippen LogP) is 3.82. The van der Waals surface area contributed by atoms with Gasteiger partial charge in [-0.3, -0.25) is 4.90 Å². The number of likely N-dealkylation sites (tertiary alicyclic amines) is 1. The maximum Gasteiger partial charge on any atom is 0.147 e. The van der Waals surface area contributed by atoms with Gasteiger partial charge in [0.15, 0.2) is 0 Å². The van der Waals surface area contributed by atoms with Crippen LogP contribution in [0.15, 0.2) is 0 Å². The number of fused-ring (bicyclic) bond motifs is 1. The smallest absolute Gasteiger partial charge is 0.147 e. The third-order valence-corrected chi connectivity index (χ3v) is 9.06. The lowest BCUT2D eigenvalue weighted by molar-refractivity contribution is -0.00519. The normalized spacial score (nSPS) is 35.9. The average Bonchev–Trinajstić information content (AvgIpc) is 3.07. The van der Waals surface area contributed by atoms with E-state index in [-0.39, 0.29) is 6.10 Å². The van der Waals surface area contributed by atoms with Gasteiger partial charge in [0.05, 0.1) is 11.8 Å². The number of thiazole rings is 1. The molecule has 2 aromatic rings. The highest BCUT2D eigenvalue weighted by Gasteiger charge is 2.53. The summed E-state index contributed by atoms with van der Waals surface area (Å²) in [5, 5.41) is 11.2. The number of nitrogens with zero attached hydrogens (tertiary/aromatic N) is 4. The molecule has 4 saturated carbocycles. The monoisotopic (exact) mass is 398 g/mol. The summed E-state index contributed by atoms with van der Waals surface area (Å²) in [6.45, 7) is 4.72. The van der Waals surface area contributed by atoms with Crippen molar-refractivity contribution in [1.82, 2.24) is 19.9 Å². The first kappa shape index (κ1) is 17.7. The summed E-state index contributed by atoms with van der Waals surface area (Å²) in [5.41, 5.74) is 2.47. The molecule has 1 aliphatic heterocycles. The van der Waals surface area contributed by atoms with Gasteiger partial charge in [-0.25, -0.2) is 15.0 Å². The standard InChI is InChI=1S/C22H30N4OS/c1-13-23-18(12-26-4-2-17(27)3-5-26)19-20(24-13)28-21(25-19)22-9-14-6-15(10-22)8-16(7-14)11-22/h14-17,27H,2-12H2,1H3. The number of piperidine rings is 1. The molecule has 0 amide bonds. The summed E-state index contributed by atoms with van der Waals surface area (Å²) in [4.78, 5) is 18.3. The van der Waals surface area contributed by atoms with Crippen molar-refractivity contribution in [2.45, 2.75) is 76.4 Å². The Morgan fingerprint density at radius 1 is 1.00 bits per heavy atom. The van der Waals surface area contributed by atoms with Gasteiger partial charge in [0, 0.05) is 25.0 Å². The van der Waals surface area contributed by atoms with Crippen LogP contribution in [0, 0.1) is 24.7 Å². The maximum absolute atomic E-state index is 9.80.